The van der Waals surface area contributed by atoms with Crippen LogP contribution in [0.1, 0.15) is 20.3 Å². The first-order chi connectivity index (χ1) is 12.3. The van der Waals surface area contributed by atoms with Gasteiger partial charge in [0.25, 0.3) is 0 Å². The van der Waals surface area contributed by atoms with Gasteiger partial charge >= 0.3 is 0 Å². The Morgan fingerprint density at radius 1 is 1.15 bits per heavy atom. The van der Waals surface area contributed by atoms with Crippen molar-refractivity contribution in [2.24, 2.45) is 0 Å². The highest BCUT2D eigenvalue weighted by Crippen LogP contribution is 2.19. The van der Waals surface area contributed by atoms with Crippen molar-refractivity contribution >= 4 is 21.4 Å². The summed E-state index contributed by atoms with van der Waals surface area (Å²) in [7, 11) is -2.06. The minimum absolute atomic E-state index is 0.00796. The van der Waals surface area contributed by atoms with Crippen molar-refractivity contribution in [1.82, 2.24) is 4.98 Å². The third-order valence-corrected chi connectivity index (χ3v) is 5.11. The van der Waals surface area contributed by atoms with Gasteiger partial charge in [-0.1, -0.05) is 0 Å². The fraction of sp³-hybridized carbons (Fsp3) is 0.333. The number of amides is 1. The number of anilines is 1. The van der Waals surface area contributed by atoms with Crippen molar-refractivity contribution in [2.75, 3.05) is 18.2 Å². The van der Waals surface area contributed by atoms with E-state index < -0.39 is 15.7 Å². The molecule has 2 rings (SSSR count). The Morgan fingerprint density at radius 3 is 2.38 bits per heavy atom. The topological polar surface area (TPSA) is 94.6 Å². The fourth-order valence-electron chi connectivity index (χ4n) is 2.14. The molecule has 26 heavy (non-hydrogen) atoms. The molecule has 1 heterocycles. The maximum Gasteiger partial charge on any atom is 0.225 e. The van der Waals surface area contributed by atoms with Gasteiger partial charge in [0.05, 0.1) is 35.7 Å². The van der Waals surface area contributed by atoms with E-state index in [9.17, 15) is 13.2 Å². The first kappa shape index (κ1) is 19.7. The summed E-state index contributed by atoms with van der Waals surface area (Å²) in [5.41, 5.74) is 0.475. The Labute approximate surface area is 153 Å². The fourth-order valence-corrected chi connectivity index (χ4v) is 3.38. The number of carbonyl (C=O) groups excluding carboxylic acids is 1. The summed E-state index contributed by atoms with van der Waals surface area (Å²) in [4.78, 5) is 16.1. The molecule has 0 saturated carbocycles. The number of methoxy groups -OCH3 is 1. The maximum atomic E-state index is 12.4. The third-order valence-electron chi connectivity index (χ3n) is 3.38. The number of ether oxygens (including phenoxy) is 2. The molecule has 0 atom stereocenters. The van der Waals surface area contributed by atoms with Crippen LogP contribution in [0.25, 0.3) is 0 Å². The van der Waals surface area contributed by atoms with Crippen LogP contribution >= 0.6 is 0 Å². The Bertz CT molecular complexity index is 831. The largest absolute Gasteiger partial charge is 0.491 e. The van der Waals surface area contributed by atoms with Crippen molar-refractivity contribution in [1.29, 1.82) is 0 Å². The molecule has 0 saturated heterocycles. The highest BCUT2D eigenvalue weighted by Gasteiger charge is 2.17. The number of hydrogen-bond donors (Lipinski definition) is 1. The Balaban J connectivity index is 1.92. The minimum Gasteiger partial charge on any atom is -0.491 e. The van der Waals surface area contributed by atoms with Crippen LogP contribution < -0.4 is 14.8 Å². The van der Waals surface area contributed by atoms with Crippen molar-refractivity contribution in [3.05, 3.63) is 42.6 Å². The third kappa shape index (κ3) is 5.73. The molecule has 0 fully saturated rings. The zero-order chi connectivity index (χ0) is 19.2. The van der Waals surface area contributed by atoms with E-state index in [1.165, 1.54) is 25.4 Å². The number of nitrogens with zero attached hydrogens (tertiary/aromatic N) is 1. The molecule has 8 heteroatoms. The molecule has 1 aromatic heterocycles. The van der Waals surface area contributed by atoms with Crippen molar-refractivity contribution in [3.8, 4) is 11.6 Å². The van der Waals surface area contributed by atoms with E-state index >= 15 is 0 Å². The zero-order valence-electron chi connectivity index (χ0n) is 14.9. The van der Waals surface area contributed by atoms with Crippen LogP contribution in [0, 0.1) is 0 Å². The molecule has 0 radical (unpaired) electrons. The predicted molar refractivity (Wildman–Crippen MR) is 98.3 cm³/mol. The monoisotopic (exact) mass is 378 g/mol. The SMILES string of the molecule is COc1ccc(NC(=O)CCS(=O)(=O)c2ccc(OC(C)C)cc2)cn1. The van der Waals surface area contributed by atoms with Crippen LogP contribution in [-0.2, 0) is 14.6 Å². The highest BCUT2D eigenvalue weighted by atomic mass is 32.2. The first-order valence-corrected chi connectivity index (χ1v) is 9.75. The second-order valence-corrected chi connectivity index (χ2v) is 7.95. The summed E-state index contributed by atoms with van der Waals surface area (Å²) in [6.45, 7) is 3.78. The molecule has 0 aliphatic carbocycles. The van der Waals surface area contributed by atoms with Crippen molar-refractivity contribution in [2.45, 2.75) is 31.3 Å². The molecule has 0 spiro atoms. The van der Waals surface area contributed by atoms with Gasteiger partial charge in [0.2, 0.25) is 11.8 Å². The number of benzene rings is 1. The summed E-state index contributed by atoms with van der Waals surface area (Å²) in [6.07, 6.45) is 1.30. The predicted octanol–water partition coefficient (Wildman–Crippen LogP) is 2.68. The molecule has 0 aliphatic rings. The van der Waals surface area contributed by atoms with E-state index in [1.807, 2.05) is 13.8 Å². The van der Waals surface area contributed by atoms with Gasteiger partial charge in [0.15, 0.2) is 9.84 Å². The lowest BCUT2D eigenvalue weighted by Gasteiger charge is -2.10. The number of carbonyl (C=O) groups is 1. The van der Waals surface area contributed by atoms with Crippen molar-refractivity contribution in [3.63, 3.8) is 0 Å². The number of nitrogens with one attached hydrogen (secondary N) is 1. The Hall–Kier alpha value is -2.61. The van der Waals surface area contributed by atoms with E-state index in [1.54, 1.807) is 24.3 Å². The summed E-state index contributed by atoms with van der Waals surface area (Å²) in [5, 5.41) is 2.61. The molecule has 0 bridgehead atoms. The lowest BCUT2D eigenvalue weighted by Crippen LogP contribution is -2.17. The van der Waals surface area contributed by atoms with E-state index in [2.05, 4.69) is 10.3 Å². The van der Waals surface area contributed by atoms with Gasteiger partial charge in [-0.15, -0.1) is 0 Å². The second kappa shape index (κ2) is 8.66. The van der Waals surface area contributed by atoms with E-state index in [0.29, 0.717) is 17.3 Å². The molecule has 0 aliphatic heterocycles. The minimum atomic E-state index is -3.56. The lowest BCUT2D eigenvalue weighted by molar-refractivity contribution is -0.115. The summed E-state index contributed by atoms with van der Waals surface area (Å²) in [5.74, 6) is 0.340. The van der Waals surface area contributed by atoms with Gasteiger partial charge in [0.1, 0.15) is 5.75 Å². The second-order valence-electron chi connectivity index (χ2n) is 5.84. The lowest BCUT2D eigenvalue weighted by atomic mass is 10.3. The van der Waals surface area contributed by atoms with Crippen LogP contribution in [0.15, 0.2) is 47.5 Å². The van der Waals surface area contributed by atoms with E-state index in [0.717, 1.165) is 0 Å². The molecule has 0 unspecified atom stereocenters. The summed E-state index contributed by atoms with van der Waals surface area (Å²) < 4.78 is 35.1. The molecule has 1 aromatic carbocycles. The Kier molecular flexibility index (Phi) is 6.57. The normalized spacial score (nSPS) is 11.2. The van der Waals surface area contributed by atoms with E-state index in [-0.39, 0.29) is 23.2 Å². The van der Waals surface area contributed by atoms with Gasteiger partial charge < -0.3 is 14.8 Å². The number of hydrogen-bond acceptors (Lipinski definition) is 6. The molecule has 1 N–H and O–H groups in total. The molecule has 2 aromatic rings. The molecular formula is C18H22N2O5S. The standard InChI is InChI=1S/C18H22N2O5S/c1-13(2)25-15-5-7-16(8-6-15)26(22,23)11-10-17(21)20-14-4-9-18(24-3)19-12-14/h4-9,12-13H,10-11H2,1-3H3,(H,20,21). The van der Waals surface area contributed by atoms with Crippen LogP contribution in [0.2, 0.25) is 0 Å². The van der Waals surface area contributed by atoms with Crippen LogP contribution in [0.4, 0.5) is 5.69 Å². The van der Waals surface area contributed by atoms with Gasteiger partial charge in [-0.2, -0.15) is 0 Å². The smallest absolute Gasteiger partial charge is 0.225 e. The quantitative estimate of drug-likeness (QED) is 0.759. The number of aromatic nitrogens is 1. The van der Waals surface area contributed by atoms with Crippen molar-refractivity contribution < 1.29 is 22.7 Å². The molecule has 7 nitrogen and oxygen atoms in total. The van der Waals surface area contributed by atoms with Crippen LogP contribution in [0.3, 0.4) is 0 Å². The summed E-state index contributed by atoms with van der Waals surface area (Å²) >= 11 is 0. The Morgan fingerprint density at radius 2 is 1.85 bits per heavy atom. The number of sulfone groups is 1. The van der Waals surface area contributed by atoms with Crippen LogP contribution in [0.5, 0.6) is 11.6 Å². The first-order valence-electron chi connectivity index (χ1n) is 8.09. The van der Waals surface area contributed by atoms with Gasteiger partial charge in [-0.05, 0) is 44.2 Å². The summed E-state index contributed by atoms with van der Waals surface area (Å²) in [6, 6.07) is 9.42. The molecule has 140 valence electrons. The average molecular weight is 378 g/mol. The van der Waals surface area contributed by atoms with Crippen LogP contribution in [-0.4, -0.2) is 38.3 Å². The maximum absolute atomic E-state index is 12.4. The van der Waals surface area contributed by atoms with Gasteiger partial charge in [-0.25, -0.2) is 13.4 Å². The highest BCUT2D eigenvalue weighted by molar-refractivity contribution is 7.91. The average Bonchev–Trinajstić information content (AvgIpc) is 2.61. The van der Waals surface area contributed by atoms with E-state index in [4.69, 9.17) is 9.47 Å². The number of pyridine rings is 1. The number of rotatable bonds is 8. The zero-order valence-corrected chi connectivity index (χ0v) is 15.7. The molecular weight excluding hydrogens is 356 g/mol. The van der Waals surface area contributed by atoms with Gasteiger partial charge in [-0.3, -0.25) is 4.79 Å². The van der Waals surface area contributed by atoms with Gasteiger partial charge in [0, 0.05) is 12.5 Å². The molecule has 1 amide bonds.